The molecule has 136 valence electrons. The molecule has 1 amide bonds. The van der Waals surface area contributed by atoms with Crippen molar-refractivity contribution < 1.29 is 4.79 Å². The zero-order valence-electron chi connectivity index (χ0n) is 15.4. The van der Waals surface area contributed by atoms with Gasteiger partial charge in [0.25, 0.3) is 5.91 Å². The first-order chi connectivity index (χ1) is 12.9. The Morgan fingerprint density at radius 3 is 2.63 bits per heavy atom. The predicted octanol–water partition coefficient (Wildman–Crippen LogP) is 3.69. The summed E-state index contributed by atoms with van der Waals surface area (Å²) in [5, 5.41) is 15.4. The van der Waals surface area contributed by atoms with E-state index in [2.05, 4.69) is 46.4 Å². The number of aromatic nitrogens is 5. The molecule has 2 N–H and O–H groups in total. The molecule has 4 rings (SSSR count). The molecule has 27 heavy (non-hydrogen) atoms. The van der Waals surface area contributed by atoms with Gasteiger partial charge >= 0.3 is 0 Å². The van der Waals surface area contributed by atoms with Crippen molar-refractivity contribution in [3.8, 4) is 5.82 Å². The molecule has 3 heterocycles. The maximum absolute atomic E-state index is 12.9. The number of carbonyl (C=O) groups is 1. The Labute approximate surface area is 156 Å². The van der Waals surface area contributed by atoms with Crippen LogP contribution >= 0.6 is 0 Å². The van der Waals surface area contributed by atoms with Gasteiger partial charge in [0, 0.05) is 23.1 Å². The number of pyridine rings is 1. The molecule has 1 aromatic carbocycles. The fourth-order valence-corrected chi connectivity index (χ4v) is 2.80. The summed E-state index contributed by atoms with van der Waals surface area (Å²) in [5.41, 5.74) is 1.85. The Kier molecular flexibility index (Phi) is 3.99. The van der Waals surface area contributed by atoms with Gasteiger partial charge in [-0.1, -0.05) is 45.0 Å². The van der Waals surface area contributed by atoms with E-state index in [-0.39, 0.29) is 11.3 Å². The second-order valence-electron chi connectivity index (χ2n) is 7.34. The number of nitrogens with one attached hydrogen (secondary N) is 2. The van der Waals surface area contributed by atoms with Crippen molar-refractivity contribution >= 4 is 22.6 Å². The molecule has 0 atom stereocenters. The van der Waals surface area contributed by atoms with E-state index in [0.717, 1.165) is 16.6 Å². The highest BCUT2D eigenvalue weighted by Gasteiger charge is 2.23. The molecule has 0 radical (unpaired) electrons. The number of benzene rings is 1. The molecular weight excluding hydrogens is 340 g/mol. The number of para-hydroxylation sites is 1. The van der Waals surface area contributed by atoms with Gasteiger partial charge in [0.1, 0.15) is 5.82 Å². The number of aromatic amines is 1. The summed E-state index contributed by atoms with van der Waals surface area (Å²) in [5.74, 6) is 0.885. The number of anilines is 1. The number of hydrogen-bond acceptors (Lipinski definition) is 4. The molecule has 0 saturated heterocycles. The van der Waals surface area contributed by atoms with E-state index in [9.17, 15) is 4.79 Å². The molecule has 0 fully saturated rings. The van der Waals surface area contributed by atoms with Gasteiger partial charge in [-0.15, -0.1) is 0 Å². The van der Waals surface area contributed by atoms with E-state index >= 15 is 0 Å². The first-order valence-corrected chi connectivity index (χ1v) is 8.70. The van der Waals surface area contributed by atoms with E-state index in [1.807, 2.05) is 48.5 Å². The molecule has 4 aromatic rings. The SMILES string of the molecule is CC(C)(C)c1cc(NC(=O)c2n[nH]c3ccccc23)n(-c2ccccn2)n1. The van der Waals surface area contributed by atoms with Crippen LogP contribution in [0.4, 0.5) is 5.82 Å². The summed E-state index contributed by atoms with van der Waals surface area (Å²) in [7, 11) is 0. The lowest BCUT2D eigenvalue weighted by Crippen LogP contribution is -2.16. The fraction of sp³-hybridized carbons (Fsp3) is 0.200. The highest BCUT2D eigenvalue weighted by molar-refractivity contribution is 6.10. The molecule has 0 bridgehead atoms. The van der Waals surface area contributed by atoms with E-state index in [1.165, 1.54) is 0 Å². The Morgan fingerprint density at radius 1 is 1.11 bits per heavy atom. The lowest BCUT2D eigenvalue weighted by molar-refractivity contribution is 0.102. The van der Waals surface area contributed by atoms with Gasteiger partial charge < -0.3 is 5.32 Å². The molecule has 0 aliphatic carbocycles. The van der Waals surface area contributed by atoms with Crippen LogP contribution in [0.15, 0.2) is 54.7 Å². The van der Waals surface area contributed by atoms with Crippen molar-refractivity contribution in [1.82, 2.24) is 25.0 Å². The molecular formula is C20H20N6O. The van der Waals surface area contributed by atoms with Crippen LogP contribution in [0.3, 0.4) is 0 Å². The molecule has 3 aromatic heterocycles. The average Bonchev–Trinajstić information content (AvgIpc) is 3.26. The van der Waals surface area contributed by atoms with Gasteiger partial charge in [0.15, 0.2) is 11.5 Å². The number of hydrogen-bond donors (Lipinski definition) is 2. The number of amides is 1. The minimum atomic E-state index is -0.301. The molecule has 0 aliphatic heterocycles. The minimum Gasteiger partial charge on any atom is -0.305 e. The van der Waals surface area contributed by atoms with Crippen molar-refractivity contribution in [3.05, 3.63) is 66.1 Å². The summed E-state index contributed by atoms with van der Waals surface area (Å²) in [6.07, 6.45) is 1.70. The smallest absolute Gasteiger partial charge is 0.277 e. The third-order valence-electron chi connectivity index (χ3n) is 4.27. The highest BCUT2D eigenvalue weighted by atomic mass is 16.2. The number of nitrogens with zero attached hydrogens (tertiary/aromatic N) is 4. The molecule has 0 spiro atoms. The highest BCUT2D eigenvalue weighted by Crippen LogP contribution is 2.26. The zero-order valence-corrected chi connectivity index (χ0v) is 15.4. The number of rotatable bonds is 3. The van der Waals surface area contributed by atoms with E-state index in [4.69, 9.17) is 0 Å². The van der Waals surface area contributed by atoms with Crippen LogP contribution in [-0.2, 0) is 5.41 Å². The summed E-state index contributed by atoms with van der Waals surface area (Å²) in [6, 6.07) is 15.0. The van der Waals surface area contributed by atoms with Gasteiger partial charge in [-0.2, -0.15) is 14.9 Å². The van der Waals surface area contributed by atoms with Gasteiger partial charge in [-0.05, 0) is 18.2 Å². The molecule has 0 aliphatic rings. The van der Waals surface area contributed by atoms with Crippen LogP contribution in [0.25, 0.3) is 16.7 Å². The van der Waals surface area contributed by atoms with Crippen molar-refractivity contribution in [3.63, 3.8) is 0 Å². The Balaban J connectivity index is 1.74. The zero-order chi connectivity index (χ0) is 19.0. The second kappa shape index (κ2) is 6.35. The average molecular weight is 360 g/mol. The first-order valence-electron chi connectivity index (χ1n) is 8.70. The van der Waals surface area contributed by atoms with E-state index < -0.39 is 0 Å². The largest absolute Gasteiger partial charge is 0.305 e. The standard InChI is InChI=1S/C20H20N6O/c1-20(2,3)15-12-17(26(25-15)16-10-6-7-11-21-16)22-19(27)18-13-8-4-5-9-14(13)23-24-18/h4-12H,1-3H3,(H,22,27)(H,23,24). The maximum atomic E-state index is 12.9. The topological polar surface area (TPSA) is 88.5 Å². The predicted molar refractivity (Wildman–Crippen MR) is 104 cm³/mol. The van der Waals surface area contributed by atoms with Gasteiger partial charge in [-0.3, -0.25) is 9.89 Å². The van der Waals surface area contributed by atoms with Crippen LogP contribution in [0.2, 0.25) is 0 Å². The first kappa shape index (κ1) is 17.0. The summed E-state index contributed by atoms with van der Waals surface area (Å²) < 4.78 is 1.65. The maximum Gasteiger partial charge on any atom is 0.277 e. The van der Waals surface area contributed by atoms with E-state index in [1.54, 1.807) is 10.9 Å². The molecule has 7 nitrogen and oxygen atoms in total. The number of H-pyrrole nitrogens is 1. The Hall–Kier alpha value is -3.48. The normalized spacial score (nSPS) is 11.7. The Morgan fingerprint density at radius 2 is 1.89 bits per heavy atom. The van der Waals surface area contributed by atoms with Gasteiger partial charge in [0.2, 0.25) is 0 Å². The van der Waals surface area contributed by atoms with E-state index in [0.29, 0.717) is 17.3 Å². The van der Waals surface area contributed by atoms with Gasteiger partial charge in [0.05, 0.1) is 11.2 Å². The van der Waals surface area contributed by atoms with Crippen LogP contribution in [-0.4, -0.2) is 30.9 Å². The number of fused-ring (bicyclic) bond motifs is 1. The summed E-state index contributed by atoms with van der Waals surface area (Å²) in [6.45, 7) is 6.22. The number of carbonyl (C=O) groups excluding carboxylic acids is 1. The van der Waals surface area contributed by atoms with Gasteiger partial charge in [-0.25, -0.2) is 4.98 Å². The minimum absolute atomic E-state index is 0.168. The monoisotopic (exact) mass is 360 g/mol. The quantitative estimate of drug-likeness (QED) is 0.583. The molecule has 7 heteroatoms. The van der Waals surface area contributed by atoms with Crippen molar-refractivity contribution in [2.45, 2.75) is 26.2 Å². The summed E-state index contributed by atoms with van der Waals surface area (Å²) in [4.78, 5) is 17.2. The second-order valence-corrected chi connectivity index (χ2v) is 7.34. The van der Waals surface area contributed by atoms with Crippen LogP contribution < -0.4 is 5.32 Å². The lowest BCUT2D eigenvalue weighted by atomic mass is 9.92. The third kappa shape index (κ3) is 3.19. The lowest BCUT2D eigenvalue weighted by Gasteiger charge is -2.13. The van der Waals surface area contributed by atoms with Crippen molar-refractivity contribution in [2.24, 2.45) is 0 Å². The van der Waals surface area contributed by atoms with Crippen LogP contribution in [0.5, 0.6) is 0 Å². The van der Waals surface area contributed by atoms with Crippen LogP contribution in [0.1, 0.15) is 37.0 Å². The molecule has 0 saturated carbocycles. The van der Waals surface area contributed by atoms with Crippen molar-refractivity contribution in [1.29, 1.82) is 0 Å². The molecule has 0 unspecified atom stereocenters. The van der Waals surface area contributed by atoms with Crippen molar-refractivity contribution in [2.75, 3.05) is 5.32 Å². The fourth-order valence-electron chi connectivity index (χ4n) is 2.80. The Bertz CT molecular complexity index is 1100. The third-order valence-corrected chi connectivity index (χ3v) is 4.27. The summed E-state index contributed by atoms with van der Waals surface area (Å²) >= 11 is 0. The van der Waals surface area contributed by atoms with Crippen LogP contribution in [0, 0.1) is 0 Å².